The molecule has 1 N–H and O–H groups in total. The van der Waals surface area contributed by atoms with Crippen molar-refractivity contribution in [1.29, 1.82) is 0 Å². The van der Waals surface area contributed by atoms with E-state index in [4.69, 9.17) is 11.2 Å². The van der Waals surface area contributed by atoms with Gasteiger partial charge in [-0.15, -0.1) is 12.3 Å². The first-order chi connectivity index (χ1) is 6.86. The van der Waals surface area contributed by atoms with Crippen LogP contribution in [0.1, 0.15) is 12.8 Å². The lowest BCUT2D eigenvalue weighted by Gasteiger charge is -2.05. The van der Waals surface area contributed by atoms with E-state index in [1.54, 1.807) is 7.11 Å². The smallest absolute Gasteiger partial charge is 0.214 e. The monoisotopic (exact) mass is 190 g/mol. The Morgan fingerprint density at radius 1 is 1.57 bits per heavy atom. The van der Waals surface area contributed by atoms with E-state index in [9.17, 15) is 0 Å². The van der Waals surface area contributed by atoms with Crippen LogP contribution >= 0.6 is 0 Å². The van der Waals surface area contributed by atoms with Gasteiger partial charge < -0.3 is 10.1 Å². The van der Waals surface area contributed by atoms with Gasteiger partial charge in [0.1, 0.15) is 5.82 Å². The summed E-state index contributed by atoms with van der Waals surface area (Å²) in [5, 5.41) is 3.17. The van der Waals surface area contributed by atoms with Crippen molar-refractivity contribution in [3.8, 4) is 18.2 Å². The second-order valence-electron chi connectivity index (χ2n) is 2.80. The number of methoxy groups -OCH3 is 1. The number of terminal acetylenes is 1. The van der Waals surface area contributed by atoms with Gasteiger partial charge in [0, 0.05) is 19.0 Å². The van der Waals surface area contributed by atoms with Gasteiger partial charge in [0.2, 0.25) is 5.88 Å². The molecule has 0 radical (unpaired) electrons. The summed E-state index contributed by atoms with van der Waals surface area (Å²) >= 11 is 0. The molecule has 0 aliphatic carbocycles. The molecule has 1 rings (SSSR count). The van der Waals surface area contributed by atoms with Crippen molar-refractivity contribution in [3.63, 3.8) is 0 Å². The Bertz CT molecular complexity index is 317. The topological polar surface area (TPSA) is 34.1 Å². The van der Waals surface area contributed by atoms with Gasteiger partial charge in [-0.1, -0.05) is 6.07 Å². The van der Waals surface area contributed by atoms with Crippen molar-refractivity contribution in [3.05, 3.63) is 18.2 Å². The number of anilines is 1. The minimum atomic E-state index is 0.618. The van der Waals surface area contributed by atoms with Crippen molar-refractivity contribution in [1.82, 2.24) is 4.98 Å². The van der Waals surface area contributed by atoms with Gasteiger partial charge in [-0.05, 0) is 12.5 Å². The van der Waals surface area contributed by atoms with Gasteiger partial charge in [-0.2, -0.15) is 4.98 Å². The summed E-state index contributed by atoms with van der Waals surface area (Å²) in [6, 6.07) is 5.61. The third-order valence-corrected chi connectivity index (χ3v) is 1.74. The second-order valence-corrected chi connectivity index (χ2v) is 2.80. The number of ether oxygens (including phenoxy) is 1. The Morgan fingerprint density at radius 2 is 2.43 bits per heavy atom. The van der Waals surface area contributed by atoms with Gasteiger partial charge >= 0.3 is 0 Å². The molecule has 1 heterocycles. The first-order valence-corrected chi connectivity index (χ1v) is 4.55. The van der Waals surface area contributed by atoms with E-state index in [0.29, 0.717) is 5.88 Å². The van der Waals surface area contributed by atoms with Crippen LogP contribution in [0.3, 0.4) is 0 Å². The Balaban J connectivity index is 2.39. The molecule has 0 bridgehead atoms. The quantitative estimate of drug-likeness (QED) is 0.569. The fourth-order valence-electron chi connectivity index (χ4n) is 1.03. The highest BCUT2D eigenvalue weighted by atomic mass is 16.5. The molecule has 0 saturated carbocycles. The van der Waals surface area contributed by atoms with E-state index >= 15 is 0 Å². The fraction of sp³-hybridized carbons (Fsp3) is 0.364. The zero-order chi connectivity index (χ0) is 10.2. The van der Waals surface area contributed by atoms with Crippen molar-refractivity contribution in [2.75, 3.05) is 19.0 Å². The van der Waals surface area contributed by atoms with Crippen LogP contribution in [0.4, 0.5) is 5.82 Å². The molecule has 1 aromatic heterocycles. The van der Waals surface area contributed by atoms with Crippen LogP contribution in [-0.4, -0.2) is 18.6 Å². The molecular formula is C11H14N2O. The highest BCUT2D eigenvalue weighted by molar-refractivity contribution is 5.36. The molecular weight excluding hydrogens is 176 g/mol. The number of unbranched alkanes of at least 4 members (excludes halogenated alkanes) is 1. The lowest BCUT2D eigenvalue weighted by atomic mass is 10.3. The van der Waals surface area contributed by atoms with E-state index in [-0.39, 0.29) is 0 Å². The molecule has 0 atom stereocenters. The van der Waals surface area contributed by atoms with Gasteiger partial charge in [0.15, 0.2) is 0 Å². The maximum Gasteiger partial charge on any atom is 0.214 e. The molecule has 0 aliphatic heterocycles. The third-order valence-electron chi connectivity index (χ3n) is 1.74. The normalized spacial score (nSPS) is 9.14. The van der Waals surface area contributed by atoms with Crippen LogP contribution in [-0.2, 0) is 0 Å². The van der Waals surface area contributed by atoms with E-state index < -0.39 is 0 Å². The summed E-state index contributed by atoms with van der Waals surface area (Å²) < 4.78 is 5.00. The Hall–Kier alpha value is -1.69. The zero-order valence-electron chi connectivity index (χ0n) is 8.29. The largest absolute Gasteiger partial charge is 0.481 e. The number of aromatic nitrogens is 1. The molecule has 0 spiro atoms. The summed E-state index contributed by atoms with van der Waals surface area (Å²) in [6.07, 6.45) is 6.88. The van der Waals surface area contributed by atoms with E-state index in [0.717, 1.165) is 25.2 Å². The molecule has 0 amide bonds. The van der Waals surface area contributed by atoms with Gasteiger partial charge in [-0.25, -0.2) is 0 Å². The average molecular weight is 190 g/mol. The number of nitrogens with zero attached hydrogens (tertiary/aromatic N) is 1. The summed E-state index contributed by atoms with van der Waals surface area (Å²) in [7, 11) is 1.60. The predicted molar refractivity (Wildman–Crippen MR) is 57.3 cm³/mol. The van der Waals surface area contributed by atoms with Crippen LogP contribution in [0, 0.1) is 12.3 Å². The lowest BCUT2D eigenvalue weighted by Crippen LogP contribution is -2.03. The van der Waals surface area contributed by atoms with Gasteiger partial charge in [0.25, 0.3) is 0 Å². The highest BCUT2D eigenvalue weighted by Crippen LogP contribution is 2.10. The van der Waals surface area contributed by atoms with Crippen LogP contribution in [0.25, 0.3) is 0 Å². The van der Waals surface area contributed by atoms with E-state index in [2.05, 4.69) is 16.2 Å². The maximum atomic E-state index is 5.14. The van der Waals surface area contributed by atoms with Crippen LogP contribution in [0.2, 0.25) is 0 Å². The number of hydrogen-bond donors (Lipinski definition) is 1. The molecule has 0 saturated heterocycles. The molecule has 0 unspecified atom stereocenters. The van der Waals surface area contributed by atoms with Crippen LogP contribution in [0.15, 0.2) is 18.2 Å². The van der Waals surface area contributed by atoms with Crippen LogP contribution in [0.5, 0.6) is 5.88 Å². The summed E-state index contributed by atoms with van der Waals surface area (Å²) in [5.74, 6) is 4.03. The van der Waals surface area contributed by atoms with E-state index in [1.807, 2.05) is 18.2 Å². The van der Waals surface area contributed by atoms with E-state index in [1.165, 1.54) is 0 Å². The average Bonchev–Trinajstić information content (AvgIpc) is 2.25. The molecule has 0 aliphatic rings. The first-order valence-electron chi connectivity index (χ1n) is 4.55. The number of rotatable bonds is 5. The zero-order valence-corrected chi connectivity index (χ0v) is 8.29. The summed E-state index contributed by atoms with van der Waals surface area (Å²) in [4.78, 5) is 4.20. The third kappa shape index (κ3) is 3.36. The molecule has 3 heteroatoms. The minimum absolute atomic E-state index is 0.618. The Morgan fingerprint density at radius 3 is 3.14 bits per heavy atom. The number of pyridine rings is 1. The summed E-state index contributed by atoms with van der Waals surface area (Å²) in [5.41, 5.74) is 0. The van der Waals surface area contributed by atoms with Gasteiger partial charge in [0.05, 0.1) is 7.11 Å². The van der Waals surface area contributed by atoms with Crippen molar-refractivity contribution < 1.29 is 4.74 Å². The van der Waals surface area contributed by atoms with Crippen molar-refractivity contribution >= 4 is 5.82 Å². The maximum absolute atomic E-state index is 5.14. The molecule has 3 nitrogen and oxygen atoms in total. The predicted octanol–water partition coefficient (Wildman–Crippen LogP) is 1.92. The molecule has 14 heavy (non-hydrogen) atoms. The lowest BCUT2D eigenvalue weighted by molar-refractivity contribution is 0.398. The van der Waals surface area contributed by atoms with Crippen LogP contribution < -0.4 is 10.1 Å². The Kier molecular flexibility index (Phi) is 4.36. The fourth-order valence-corrected chi connectivity index (χ4v) is 1.03. The molecule has 74 valence electrons. The summed E-state index contributed by atoms with van der Waals surface area (Å²) in [6.45, 7) is 0.838. The van der Waals surface area contributed by atoms with Crippen molar-refractivity contribution in [2.24, 2.45) is 0 Å². The molecule has 1 aromatic rings. The second kappa shape index (κ2) is 5.87. The van der Waals surface area contributed by atoms with Crippen molar-refractivity contribution in [2.45, 2.75) is 12.8 Å². The standard InChI is InChI=1S/C11H14N2O/c1-3-4-5-9-12-10-7-6-8-11(13-10)14-2/h1,6-8H,4-5,9H2,2H3,(H,12,13). The molecule has 0 aromatic carbocycles. The molecule has 0 fully saturated rings. The Labute approximate surface area is 84.5 Å². The highest BCUT2D eigenvalue weighted by Gasteiger charge is 1.95. The first kappa shape index (κ1) is 10.4. The number of hydrogen-bond acceptors (Lipinski definition) is 3. The minimum Gasteiger partial charge on any atom is -0.481 e. The number of nitrogens with one attached hydrogen (secondary N) is 1. The van der Waals surface area contributed by atoms with Gasteiger partial charge in [-0.3, -0.25) is 0 Å². The SMILES string of the molecule is C#CCCCNc1cccc(OC)n1.